The number of rotatable bonds is 9. The van der Waals surface area contributed by atoms with Gasteiger partial charge in [-0.1, -0.05) is 53.4 Å². The van der Waals surface area contributed by atoms with Crippen LogP contribution >= 0.6 is 23.1 Å². The number of methoxy groups -OCH3 is 1. The lowest BCUT2D eigenvalue weighted by molar-refractivity contribution is -0.118. The normalized spacial score (nSPS) is 10.5. The molecule has 0 unspecified atom stereocenters. The van der Waals surface area contributed by atoms with Crippen molar-refractivity contribution in [3.63, 3.8) is 0 Å². The minimum Gasteiger partial charge on any atom is -0.495 e. The molecule has 1 amide bonds. The highest BCUT2D eigenvalue weighted by atomic mass is 32.2. The average Bonchev–Trinajstić information content (AvgIpc) is 3.16. The summed E-state index contributed by atoms with van der Waals surface area (Å²) in [6.45, 7) is 0.386. The first-order chi connectivity index (χ1) is 13.7. The molecule has 3 aromatic rings. The lowest BCUT2D eigenvalue weighted by Crippen LogP contribution is -2.27. The number of hydrogen-bond acceptors (Lipinski definition) is 7. The molecule has 0 saturated carbocycles. The molecule has 1 aromatic heterocycles. The number of benzene rings is 2. The van der Waals surface area contributed by atoms with Crippen LogP contribution in [0.25, 0.3) is 0 Å². The van der Waals surface area contributed by atoms with E-state index < -0.39 is 0 Å². The second kappa shape index (κ2) is 10.0. The van der Waals surface area contributed by atoms with Gasteiger partial charge in [-0.15, -0.1) is 10.2 Å². The number of amides is 1. The van der Waals surface area contributed by atoms with E-state index in [4.69, 9.17) is 4.74 Å². The Morgan fingerprint density at radius 1 is 1.18 bits per heavy atom. The fourth-order valence-electron chi connectivity index (χ4n) is 2.40. The maximum Gasteiger partial charge on any atom is 0.230 e. The second-order valence-electron chi connectivity index (χ2n) is 5.68. The van der Waals surface area contributed by atoms with E-state index in [0.717, 1.165) is 5.69 Å². The van der Waals surface area contributed by atoms with Crippen molar-refractivity contribution in [3.8, 4) is 5.75 Å². The number of para-hydroxylation sites is 2. The molecule has 0 spiro atoms. The smallest absolute Gasteiger partial charge is 0.230 e. The van der Waals surface area contributed by atoms with Crippen molar-refractivity contribution in [2.45, 2.75) is 10.8 Å². The van der Waals surface area contributed by atoms with Crippen LogP contribution in [0.1, 0.15) is 5.56 Å². The van der Waals surface area contributed by atoms with Gasteiger partial charge in [0, 0.05) is 6.54 Å². The van der Waals surface area contributed by atoms with E-state index in [1.807, 2.05) is 24.3 Å². The third kappa shape index (κ3) is 5.67. The standard InChI is InChI=1S/C19H19FN4O2S2/c1-26-16-9-5-4-8-15(16)22-18-23-24-19(28-18)27-12-17(25)21-11-10-13-6-2-3-7-14(13)20/h2-9H,10-12H2,1H3,(H,21,25)(H,22,23). The van der Waals surface area contributed by atoms with Crippen molar-refractivity contribution < 1.29 is 13.9 Å². The lowest BCUT2D eigenvalue weighted by atomic mass is 10.1. The number of aromatic nitrogens is 2. The zero-order valence-electron chi connectivity index (χ0n) is 15.1. The van der Waals surface area contributed by atoms with E-state index in [0.29, 0.717) is 33.7 Å². The molecule has 0 atom stereocenters. The largest absolute Gasteiger partial charge is 0.495 e. The Hall–Kier alpha value is -2.65. The third-order valence-electron chi connectivity index (χ3n) is 3.76. The number of thioether (sulfide) groups is 1. The zero-order valence-corrected chi connectivity index (χ0v) is 16.8. The van der Waals surface area contributed by atoms with Crippen molar-refractivity contribution in [3.05, 3.63) is 59.9 Å². The third-order valence-corrected chi connectivity index (χ3v) is 5.73. The molecule has 3 rings (SSSR count). The molecule has 6 nitrogen and oxygen atoms in total. The molecular formula is C19H19FN4O2S2. The van der Waals surface area contributed by atoms with E-state index in [1.54, 1.807) is 25.3 Å². The number of nitrogens with zero attached hydrogens (tertiary/aromatic N) is 2. The Morgan fingerprint density at radius 3 is 2.79 bits per heavy atom. The molecular weight excluding hydrogens is 399 g/mol. The summed E-state index contributed by atoms with van der Waals surface area (Å²) < 4.78 is 19.5. The molecule has 0 aliphatic rings. The highest BCUT2D eigenvalue weighted by Gasteiger charge is 2.10. The fraction of sp³-hybridized carbons (Fsp3) is 0.211. The number of hydrogen-bond donors (Lipinski definition) is 2. The van der Waals surface area contributed by atoms with Gasteiger partial charge in [-0.25, -0.2) is 4.39 Å². The van der Waals surface area contributed by atoms with Gasteiger partial charge in [-0.2, -0.15) is 0 Å². The molecule has 2 aromatic carbocycles. The number of carbonyl (C=O) groups excluding carboxylic acids is 1. The highest BCUT2D eigenvalue weighted by Crippen LogP contribution is 2.31. The average molecular weight is 419 g/mol. The first-order valence-corrected chi connectivity index (χ1v) is 10.3. The second-order valence-corrected chi connectivity index (χ2v) is 7.88. The molecule has 0 saturated heterocycles. The van der Waals surface area contributed by atoms with Crippen LogP contribution in [-0.4, -0.2) is 35.5 Å². The lowest BCUT2D eigenvalue weighted by Gasteiger charge is -2.07. The van der Waals surface area contributed by atoms with Crippen LogP contribution in [0.4, 0.5) is 15.2 Å². The van der Waals surface area contributed by atoms with Crippen molar-refractivity contribution >= 4 is 39.8 Å². The molecule has 0 fully saturated rings. The molecule has 0 radical (unpaired) electrons. The van der Waals surface area contributed by atoms with E-state index in [2.05, 4.69) is 20.8 Å². The Kier molecular flexibility index (Phi) is 7.21. The summed E-state index contributed by atoms with van der Waals surface area (Å²) in [5.74, 6) is 0.549. The van der Waals surface area contributed by atoms with Crippen LogP contribution in [0.5, 0.6) is 5.75 Å². The van der Waals surface area contributed by atoms with E-state index >= 15 is 0 Å². The van der Waals surface area contributed by atoms with Crippen molar-refractivity contribution in [2.75, 3.05) is 24.7 Å². The van der Waals surface area contributed by atoms with Gasteiger partial charge in [-0.3, -0.25) is 4.79 Å². The van der Waals surface area contributed by atoms with E-state index in [-0.39, 0.29) is 17.5 Å². The predicted molar refractivity (Wildman–Crippen MR) is 110 cm³/mol. The Morgan fingerprint density at radius 2 is 1.96 bits per heavy atom. The SMILES string of the molecule is COc1ccccc1Nc1nnc(SCC(=O)NCCc2ccccc2F)s1. The first-order valence-electron chi connectivity index (χ1n) is 8.52. The van der Waals surface area contributed by atoms with Crippen molar-refractivity contribution in [1.29, 1.82) is 0 Å². The molecule has 1 heterocycles. The van der Waals surface area contributed by atoms with Crippen LogP contribution in [0, 0.1) is 5.82 Å². The first kappa shape index (κ1) is 20.1. The summed E-state index contributed by atoms with van der Waals surface area (Å²) in [6.07, 6.45) is 0.453. The Labute approximate surface area is 170 Å². The van der Waals surface area contributed by atoms with E-state index in [9.17, 15) is 9.18 Å². The number of carbonyl (C=O) groups is 1. The maximum absolute atomic E-state index is 13.5. The van der Waals surface area contributed by atoms with Crippen LogP contribution in [0.3, 0.4) is 0 Å². The molecule has 9 heteroatoms. The molecule has 0 aliphatic heterocycles. The van der Waals surface area contributed by atoms with Crippen LogP contribution in [-0.2, 0) is 11.2 Å². The van der Waals surface area contributed by atoms with Gasteiger partial charge in [0.2, 0.25) is 11.0 Å². The van der Waals surface area contributed by atoms with Crippen LogP contribution < -0.4 is 15.4 Å². The summed E-state index contributed by atoms with van der Waals surface area (Å²) in [4.78, 5) is 12.0. The number of halogens is 1. The summed E-state index contributed by atoms with van der Waals surface area (Å²) in [5, 5.41) is 14.7. The van der Waals surface area contributed by atoms with Gasteiger partial charge in [0.25, 0.3) is 0 Å². The number of nitrogens with one attached hydrogen (secondary N) is 2. The van der Waals surface area contributed by atoms with Gasteiger partial charge >= 0.3 is 0 Å². The topological polar surface area (TPSA) is 76.1 Å². The van der Waals surface area contributed by atoms with Gasteiger partial charge in [0.05, 0.1) is 18.6 Å². The van der Waals surface area contributed by atoms with Gasteiger partial charge in [-0.05, 0) is 30.2 Å². The fourth-order valence-corrected chi connectivity index (χ4v) is 3.99. The molecule has 146 valence electrons. The Bertz CT molecular complexity index is 936. The van der Waals surface area contributed by atoms with Crippen LogP contribution in [0.15, 0.2) is 52.9 Å². The van der Waals surface area contributed by atoms with Crippen molar-refractivity contribution in [1.82, 2.24) is 15.5 Å². The summed E-state index contributed by atoms with van der Waals surface area (Å²) in [6, 6.07) is 14.1. The quantitative estimate of drug-likeness (QED) is 0.514. The summed E-state index contributed by atoms with van der Waals surface area (Å²) in [5.41, 5.74) is 1.38. The Balaban J connectivity index is 1.44. The molecule has 0 aliphatic carbocycles. The monoisotopic (exact) mass is 418 g/mol. The van der Waals surface area contributed by atoms with Gasteiger partial charge in [0.1, 0.15) is 11.6 Å². The van der Waals surface area contributed by atoms with Gasteiger partial charge in [0.15, 0.2) is 4.34 Å². The molecule has 28 heavy (non-hydrogen) atoms. The molecule has 0 bridgehead atoms. The molecule has 2 N–H and O–H groups in total. The predicted octanol–water partition coefficient (Wildman–Crippen LogP) is 3.88. The van der Waals surface area contributed by atoms with Crippen molar-refractivity contribution in [2.24, 2.45) is 0 Å². The summed E-state index contributed by atoms with van der Waals surface area (Å²) >= 11 is 2.66. The highest BCUT2D eigenvalue weighted by molar-refractivity contribution is 8.01. The van der Waals surface area contributed by atoms with Crippen LogP contribution in [0.2, 0.25) is 0 Å². The van der Waals surface area contributed by atoms with E-state index in [1.165, 1.54) is 29.2 Å². The maximum atomic E-state index is 13.5. The summed E-state index contributed by atoms with van der Waals surface area (Å²) in [7, 11) is 1.60. The van der Waals surface area contributed by atoms with Gasteiger partial charge < -0.3 is 15.4 Å². The minimum absolute atomic E-state index is 0.129. The number of ether oxygens (including phenoxy) is 1. The number of anilines is 2. The minimum atomic E-state index is -0.255. The zero-order chi connectivity index (χ0) is 19.8.